The number of carbonyl (C=O) groups is 1. The molecule has 1 unspecified atom stereocenters. The topological polar surface area (TPSA) is 29.1 Å². The Hall–Kier alpha value is -1.93. The van der Waals surface area contributed by atoms with Crippen molar-refractivity contribution in [1.82, 2.24) is 5.32 Å². The van der Waals surface area contributed by atoms with Crippen LogP contribution in [0.1, 0.15) is 30.0 Å². The summed E-state index contributed by atoms with van der Waals surface area (Å²) in [5.41, 5.74) is 3.81. The first-order valence-corrected chi connectivity index (χ1v) is 8.06. The van der Waals surface area contributed by atoms with Gasteiger partial charge in [-0.15, -0.1) is 0 Å². The fraction of sp³-hybridized carbons (Fsp3) is 0.350. The van der Waals surface area contributed by atoms with Crippen LogP contribution in [0.25, 0.3) is 0 Å². The zero-order valence-electron chi connectivity index (χ0n) is 13.3. The van der Waals surface area contributed by atoms with Crippen molar-refractivity contribution in [2.45, 2.75) is 38.6 Å². The summed E-state index contributed by atoms with van der Waals surface area (Å²) in [6.07, 6.45) is 4.76. The average molecular weight is 295 g/mol. The van der Waals surface area contributed by atoms with E-state index in [2.05, 4.69) is 54.7 Å². The predicted octanol–water partition coefficient (Wildman–Crippen LogP) is 3.58. The fourth-order valence-corrected chi connectivity index (χ4v) is 2.62. The Morgan fingerprint density at radius 3 is 2.32 bits per heavy atom. The van der Waals surface area contributed by atoms with Crippen molar-refractivity contribution in [3.63, 3.8) is 0 Å². The summed E-state index contributed by atoms with van der Waals surface area (Å²) >= 11 is 0. The van der Waals surface area contributed by atoms with Gasteiger partial charge in [0.2, 0.25) is 0 Å². The number of hydrogen-bond donors (Lipinski definition) is 1. The molecule has 0 heterocycles. The molecule has 0 bridgehead atoms. The van der Waals surface area contributed by atoms with Crippen molar-refractivity contribution in [1.29, 1.82) is 0 Å². The molecule has 0 spiro atoms. The van der Waals surface area contributed by atoms with Gasteiger partial charge < -0.3 is 10.1 Å². The van der Waals surface area contributed by atoms with E-state index >= 15 is 0 Å². The number of aldehydes is 1. The maximum Gasteiger partial charge on any atom is 0.124 e. The monoisotopic (exact) mass is 295 g/mol. The lowest BCUT2D eigenvalue weighted by Gasteiger charge is -2.14. The van der Waals surface area contributed by atoms with Crippen LogP contribution >= 0.6 is 0 Å². The quantitative estimate of drug-likeness (QED) is 0.566. The van der Waals surface area contributed by atoms with E-state index in [1.165, 1.54) is 11.1 Å². The average Bonchev–Trinajstić information content (AvgIpc) is 2.55. The van der Waals surface area contributed by atoms with E-state index in [0.717, 1.165) is 37.7 Å². The second kappa shape index (κ2) is 9.16. The Morgan fingerprint density at radius 2 is 1.64 bits per heavy atom. The molecule has 0 aliphatic rings. The van der Waals surface area contributed by atoms with Crippen LogP contribution in [0.4, 0.5) is 0 Å². The van der Waals surface area contributed by atoms with E-state index in [-0.39, 0.29) is 0 Å². The van der Waals surface area contributed by atoms with E-state index in [1.807, 2.05) is 12.1 Å². The van der Waals surface area contributed by atoms with Crippen molar-refractivity contribution in [2.75, 3.05) is 6.54 Å². The lowest BCUT2D eigenvalue weighted by Crippen LogP contribution is -2.29. The highest BCUT2D eigenvalue weighted by Gasteiger charge is 2.03. The van der Waals surface area contributed by atoms with Gasteiger partial charge in [-0.05, 0) is 49.4 Å². The van der Waals surface area contributed by atoms with Crippen LogP contribution in [0, 0.1) is 0 Å². The summed E-state index contributed by atoms with van der Waals surface area (Å²) in [7, 11) is 0. The van der Waals surface area contributed by atoms with Gasteiger partial charge in [-0.3, -0.25) is 0 Å². The van der Waals surface area contributed by atoms with E-state index in [9.17, 15) is 4.79 Å². The molecular formula is C20H25NO. The molecule has 1 atom stereocenters. The molecule has 0 aliphatic heterocycles. The van der Waals surface area contributed by atoms with Crippen molar-refractivity contribution >= 4 is 6.29 Å². The van der Waals surface area contributed by atoms with Crippen LogP contribution in [-0.2, 0) is 24.1 Å². The van der Waals surface area contributed by atoms with E-state index in [1.54, 1.807) is 0 Å². The molecule has 2 heteroatoms. The Labute approximate surface area is 133 Å². The number of hydrogen-bond acceptors (Lipinski definition) is 2. The smallest absolute Gasteiger partial charge is 0.124 e. The molecule has 22 heavy (non-hydrogen) atoms. The SMILES string of the molecule is CC(Cc1ccc(CC=O)cc1)NCCCc1ccccc1. The lowest BCUT2D eigenvalue weighted by molar-refractivity contribution is -0.107. The highest BCUT2D eigenvalue weighted by molar-refractivity contribution is 5.54. The summed E-state index contributed by atoms with van der Waals surface area (Å²) in [6, 6.07) is 19.4. The second-order valence-corrected chi connectivity index (χ2v) is 5.84. The lowest BCUT2D eigenvalue weighted by atomic mass is 10.0. The molecule has 2 aromatic carbocycles. The first-order valence-electron chi connectivity index (χ1n) is 8.06. The van der Waals surface area contributed by atoms with Crippen molar-refractivity contribution < 1.29 is 4.79 Å². The van der Waals surface area contributed by atoms with E-state index in [0.29, 0.717) is 12.5 Å². The molecule has 0 saturated heterocycles. The maximum atomic E-state index is 10.5. The van der Waals surface area contributed by atoms with Gasteiger partial charge in [0, 0.05) is 12.5 Å². The van der Waals surface area contributed by atoms with Crippen molar-refractivity contribution in [3.8, 4) is 0 Å². The molecule has 0 amide bonds. The van der Waals surface area contributed by atoms with Crippen LogP contribution in [0.15, 0.2) is 54.6 Å². The van der Waals surface area contributed by atoms with Gasteiger partial charge in [-0.25, -0.2) is 0 Å². The summed E-state index contributed by atoms with van der Waals surface area (Å²) in [5.74, 6) is 0. The predicted molar refractivity (Wildman–Crippen MR) is 92.1 cm³/mol. The zero-order valence-corrected chi connectivity index (χ0v) is 13.3. The third-order valence-corrected chi connectivity index (χ3v) is 3.86. The minimum atomic E-state index is 0.465. The molecule has 0 fully saturated rings. The molecule has 0 aliphatic carbocycles. The second-order valence-electron chi connectivity index (χ2n) is 5.84. The number of benzene rings is 2. The number of rotatable bonds is 9. The first-order chi connectivity index (χ1) is 10.8. The maximum absolute atomic E-state index is 10.5. The molecule has 1 N–H and O–H groups in total. The largest absolute Gasteiger partial charge is 0.314 e. The van der Waals surface area contributed by atoms with Gasteiger partial charge in [0.1, 0.15) is 6.29 Å². The summed E-state index contributed by atoms with van der Waals surface area (Å²) in [5, 5.41) is 3.58. The normalized spacial score (nSPS) is 12.0. The number of aryl methyl sites for hydroxylation is 1. The van der Waals surface area contributed by atoms with E-state index in [4.69, 9.17) is 0 Å². The Balaban J connectivity index is 1.67. The van der Waals surface area contributed by atoms with Crippen LogP contribution in [0.3, 0.4) is 0 Å². The van der Waals surface area contributed by atoms with Gasteiger partial charge in [0.05, 0.1) is 0 Å². The summed E-state index contributed by atoms with van der Waals surface area (Å²) in [4.78, 5) is 10.5. The number of nitrogens with one attached hydrogen (secondary N) is 1. The third-order valence-electron chi connectivity index (χ3n) is 3.86. The molecule has 116 valence electrons. The first kappa shape index (κ1) is 16.4. The van der Waals surface area contributed by atoms with Crippen molar-refractivity contribution in [2.24, 2.45) is 0 Å². The van der Waals surface area contributed by atoms with Crippen LogP contribution < -0.4 is 5.32 Å². The molecular weight excluding hydrogens is 270 g/mol. The minimum Gasteiger partial charge on any atom is -0.314 e. The van der Waals surface area contributed by atoms with Crippen molar-refractivity contribution in [3.05, 3.63) is 71.3 Å². The van der Waals surface area contributed by atoms with Gasteiger partial charge in [0.15, 0.2) is 0 Å². The van der Waals surface area contributed by atoms with Gasteiger partial charge in [-0.1, -0.05) is 54.6 Å². The molecule has 2 aromatic rings. The summed E-state index contributed by atoms with van der Waals surface area (Å²) < 4.78 is 0. The molecule has 0 aromatic heterocycles. The minimum absolute atomic E-state index is 0.465. The molecule has 2 rings (SSSR count). The molecule has 0 radical (unpaired) electrons. The van der Waals surface area contributed by atoms with Gasteiger partial charge >= 0.3 is 0 Å². The van der Waals surface area contributed by atoms with Gasteiger partial charge in [-0.2, -0.15) is 0 Å². The number of carbonyl (C=O) groups excluding carboxylic acids is 1. The molecule has 0 saturated carbocycles. The molecule has 2 nitrogen and oxygen atoms in total. The van der Waals surface area contributed by atoms with Gasteiger partial charge in [0.25, 0.3) is 0 Å². The van der Waals surface area contributed by atoms with Crippen LogP contribution in [-0.4, -0.2) is 18.9 Å². The zero-order chi connectivity index (χ0) is 15.6. The van der Waals surface area contributed by atoms with Crippen LogP contribution in [0.5, 0.6) is 0 Å². The Bertz CT molecular complexity index is 548. The fourth-order valence-electron chi connectivity index (χ4n) is 2.62. The Morgan fingerprint density at radius 1 is 0.955 bits per heavy atom. The van der Waals surface area contributed by atoms with Crippen LogP contribution in [0.2, 0.25) is 0 Å². The highest BCUT2D eigenvalue weighted by atomic mass is 16.1. The summed E-state index contributed by atoms with van der Waals surface area (Å²) in [6.45, 7) is 3.27. The standard InChI is InChI=1S/C20H25NO/c1-17(16-20-11-9-19(10-12-20)13-15-22)21-14-5-8-18-6-3-2-4-7-18/h2-4,6-7,9-12,15,17,21H,5,8,13-14,16H2,1H3. The highest BCUT2D eigenvalue weighted by Crippen LogP contribution is 2.07. The third kappa shape index (κ3) is 5.82. The Kier molecular flexibility index (Phi) is 6.85. The van der Waals surface area contributed by atoms with E-state index < -0.39 is 0 Å².